The first-order valence-corrected chi connectivity index (χ1v) is 10.5. The number of hydrogen-bond donors (Lipinski definition) is 0. The zero-order valence-corrected chi connectivity index (χ0v) is 16.3. The van der Waals surface area contributed by atoms with Crippen LogP contribution in [0.5, 0.6) is 0 Å². The minimum absolute atomic E-state index is 0.135. The largest absolute Gasteiger partial charge is 0.456 e. The monoisotopic (exact) mass is 382 g/mol. The van der Waals surface area contributed by atoms with Crippen LogP contribution in [0.25, 0.3) is 0 Å². The van der Waals surface area contributed by atoms with Gasteiger partial charge in [0.1, 0.15) is 5.60 Å². The summed E-state index contributed by atoms with van der Waals surface area (Å²) in [5.41, 5.74) is 1.08. The third-order valence-corrected chi connectivity index (χ3v) is 6.17. The minimum atomic E-state index is -3.33. The lowest BCUT2D eigenvalue weighted by Crippen LogP contribution is -2.36. The Morgan fingerprint density at radius 1 is 1.08 bits per heavy atom. The standard InChI is InChI=1S/C18H26N2O5S/c1-18(2,3)25-17(21)14-11-15(19-6-8-24-9-7-19)13-16(12-14)20-5-4-10-26(20,22)23/h11-13H,4-10H2,1-3H3. The lowest BCUT2D eigenvalue weighted by molar-refractivity contribution is 0.00695. The van der Waals surface area contributed by atoms with Gasteiger partial charge >= 0.3 is 5.97 Å². The van der Waals surface area contributed by atoms with E-state index in [0.29, 0.717) is 50.5 Å². The predicted octanol–water partition coefficient (Wildman–Crippen LogP) is 2.02. The van der Waals surface area contributed by atoms with Crippen molar-refractivity contribution in [3.63, 3.8) is 0 Å². The summed E-state index contributed by atoms with van der Waals surface area (Å²) >= 11 is 0. The lowest BCUT2D eigenvalue weighted by atomic mass is 10.1. The van der Waals surface area contributed by atoms with Crippen LogP contribution >= 0.6 is 0 Å². The van der Waals surface area contributed by atoms with Gasteiger partial charge in [-0.25, -0.2) is 13.2 Å². The number of rotatable bonds is 3. The number of esters is 1. The van der Waals surface area contributed by atoms with E-state index in [-0.39, 0.29) is 5.75 Å². The van der Waals surface area contributed by atoms with Gasteiger partial charge in [-0.05, 0) is 45.4 Å². The fourth-order valence-corrected chi connectivity index (χ4v) is 4.68. The molecule has 0 radical (unpaired) electrons. The van der Waals surface area contributed by atoms with E-state index in [4.69, 9.17) is 9.47 Å². The lowest BCUT2D eigenvalue weighted by Gasteiger charge is -2.30. The van der Waals surface area contributed by atoms with Gasteiger partial charge in [0, 0.05) is 25.3 Å². The number of carbonyl (C=O) groups is 1. The topological polar surface area (TPSA) is 76.2 Å². The molecule has 2 saturated heterocycles. The van der Waals surface area contributed by atoms with Crippen molar-refractivity contribution < 1.29 is 22.7 Å². The maximum absolute atomic E-state index is 12.6. The summed E-state index contributed by atoms with van der Waals surface area (Å²) in [5.74, 6) is -0.318. The van der Waals surface area contributed by atoms with Crippen LogP contribution in [0.15, 0.2) is 18.2 Å². The van der Waals surface area contributed by atoms with Crippen LogP contribution < -0.4 is 9.21 Å². The molecule has 8 heteroatoms. The summed E-state index contributed by atoms with van der Waals surface area (Å²) in [5, 5.41) is 0. The molecule has 1 aromatic carbocycles. The van der Waals surface area contributed by atoms with Crippen LogP contribution in [0.3, 0.4) is 0 Å². The van der Waals surface area contributed by atoms with E-state index < -0.39 is 21.6 Å². The van der Waals surface area contributed by atoms with E-state index in [1.807, 2.05) is 26.8 Å². The highest BCUT2D eigenvalue weighted by Crippen LogP contribution is 2.31. The molecule has 0 amide bonds. The number of sulfonamides is 1. The van der Waals surface area contributed by atoms with Gasteiger partial charge in [0.15, 0.2) is 0 Å². The molecule has 0 aromatic heterocycles. The van der Waals surface area contributed by atoms with Crippen LogP contribution in [0.2, 0.25) is 0 Å². The number of benzene rings is 1. The van der Waals surface area contributed by atoms with Gasteiger partial charge < -0.3 is 14.4 Å². The Hall–Kier alpha value is -1.80. The molecule has 144 valence electrons. The van der Waals surface area contributed by atoms with E-state index in [0.717, 1.165) is 5.69 Å². The molecule has 1 aromatic rings. The smallest absolute Gasteiger partial charge is 0.338 e. The van der Waals surface area contributed by atoms with Crippen molar-refractivity contribution in [2.45, 2.75) is 32.8 Å². The molecule has 2 aliphatic heterocycles. The maximum Gasteiger partial charge on any atom is 0.338 e. The van der Waals surface area contributed by atoms with E-state index in [2.05, 4.69) is 4.90 Å². The van der Waals surface area contributed by atoms with Gasteiger partial charge in [0.2, 0.25) is 10.0 Å². The van der Waals surface area contributed by atoms with Crippen molar-refractivity contribution in [1.82, 2.24) is 0 Å². The number of anilines is 2. The van der Waals surface area contributed by atoms with E-state index >= 15 is 0 Å². The summed E-state index contributed by atoms with van der Waals surface area (Å²) in [6.07, 6.45) is 0.589. The Kier molecular flexibility index (Phi) is 5.16. The van der Waals surface area contributed by atoms with Crippen molar-refractivity contribution in [3.8, 4) is 0 Å². The second-order valence-corrected chi connectivity index (χ2v) is 9.59. The molecule has 2 aliphatic rings. The predicted molar refractivity (Wildman–Crippen MR) is 100 cm³/mol. The van der Waals surface area contributed by atoms with E-state index in [1.165, 1.54) is 4.31 Å². The summed E-state index contributed by atoms with van der Waals surface area (Å²) in [4.78, 5) is 14.7. The Labute approximate surface area is 154 Å². The average molecular weight is 382 g/mol. The quantitative estimate of drug-likeness (QED) is 0.745. The second-order valence-electron chi connectivity index (χ2n) is 7.58. The van der Waals surface area contributed by atoms with Crippen LogP contribution in [0.4, 0.5) is 11.4 Å². The number of carbonyl (C=O) groups excluding carboxylic acids is 1. The van der Waals surface area contributed by atoms with Crippen molar-refractivity contribution in [2.24, 2.45) is 0 Å². The van der Waals surface area contributed by atoms with Crippen LogP contribution in [-0.4, -0.2) is 58.6 Å². The highest BCUT2D eigenvalue weighted by molar-refractivity contribution is 7.93. The van der Waals surface area contributed by atoms with Gasteiger partial charge in [-0.3, -0.25) is 4.31 Å². The molecule has 0 aliphatic carbocycles. The highest BCUT2D eigenvalue weighted by Gasteiger charge is 2.30. The molecule has 26 heavy (non-hydrogen) atoms. The third-order valence-electron chi connectivity index (χ3n) is 4.30. The Morgan fingerprint density at radius 3 is 2.31 bits per heavy atom. The minimum Gasteiger partial charge on any atom is -0.456 e. The fourth-order valence-electron chi connectivity index (χ4n) is 3.13. The first-order chi connectivity index (χ1) is 12.2. The molecular formula is C18H26N2O5S. The third kappa shape index (κ3) is 4.29. The van der Waals surface area contributed by atoms with Crippen molar-refractivity contribution in [2.75, 3.05) is 47.8 Å². The molecule has 3 rings (SSSR count). The van der Waals surface area contributed by atoms with Crippen LogP contribution in [-0.2, 0) is 19.5 Å². The Morgan fingerprint density at radius 2 is 1.73 bits per heavy atom. The zero-order valence-electron chi connectivity index (χ0n) is 15.5. The molecule has 0 unspecified atom stereocenters. The van der Waals surface area contributed by atoms with Crippen molar-refractivity contribution >= 4 is 27.4 Å². The number of hydrogen-bond acceptors (Lipinski definition) is 6. The average Bonchev–Trinajstić information content (AvgIpc) is 2.93. The molecule has 2 heterocycles. The molecule has 7 nitrogen and oxygen atoms in total. The van der Waals surface area contributed by atoms with Gasteiger partial charge in [0.25, 0.3) is 0 Å². The summed E-state index contributed by atoms with van der Waals surface area (Å²) < 4.78 is 36.9. The number of nitrogens with zero attached hydrogens (tertiary/aromatic N) is 2. The molecule has 0 bridgehead atoms. The van der Waals surface area contributed by atoms with Crippen LogP contribution in [0.1, 0.15) is 37.6 Å². The zero-order chi connectivity index (χ0) is 18.9. The molecule has 0 saturated carbocycles. The SMILES string of the molecule is CC(C)(C)OC(=O)c1cc(N2CCOCC2)cc(N2CCCS2(=O)=O)c1. The van der Waals surface area contributed by atoms with E-state index in [9.17, 15) is 13.2 Å². The van der Waals surface area contributed by atoms with Gasteiger partial charge in [-0.2, -0.15) is 0 Å². The molecule has 0 atom stereocenters. The van der Waals surface area contributed by atoms with E-state index in [1.54, 1.807) is 12.1 Å². The van der Waals surface area contributed by atoms with Crippen molar-refractivity contribution in [1.29, 1.82) is 0 Å². The Bertz CT molecular complexity index is 779. The molecular weight excluding hydrogens is 356 g/mol. The summed E-state index contributed by atoms with van der Waals surface area (Å²) in [7, 11) is -3.33. The number of ether oxygens (including phenoxy) is 2. The molecule has 2 fully saturated rings. The molecule has 0 spiro atoms. The molecule has 0 N–H and O–H groups in total. The first kappa shape index (κ1) is 19.0. The van der Waals surface area contributed by atoms with Gasteiger partial charge in [0.05, 0.1) is 30.2 Å². The second kappa shape index (κ2) is 7.08. The number of morpholine rings is 1. The summed E-state index contributed by atoms with van der Waals surface area (Å²) in [6.45, 7) is 8.46. The van der Waals surface area contributed by atoms with Gasteiger partial charge in [-0.1, -0.05) is 0 Å². The Balaban J connectivity index is 2.00. The highest BCUT2D eigenvalue weighted by atomic mass is 32.2. The first-order valence-electron chi connectivity index (χ1n) is 8.87. The normalized spacial score (nSPS) is 20.3. The summed E-state index contributed by atoms with van der Waals surface area (Å²) in [6, 6.07) is 5.22. The van der Waals surface area contributed by atoms with Gasteiger partial charge in [-0.15, -0.1) is 0 Å². The van der Waals surface area contributed by atoms with Crippen molar-refractivity contribution in [3.05, 3.63) is 23.8 Å². The maximum atomic E-state index is 12.6. The van der Waals surface area contributed by atoms with Crippen LogP contribution in [0, 0.1) is 0 Å². The fraction of sp³-hybridized carbons (Fsp3) is 0.611.